The molecule has 0 aromatic rings. The molecule has 0 saturated heterocycles. The van der Waals surface area contributed by atoms with Crippen LogP contribution in [0.2, 0.25) is 0 Å². The topological polar surface area (TPSA) is 44.8 Å². The number of ether oxygens (including phenoxy) is 3. The lowest BCUT2D eigenvalue weighted by Gasteiger charge is -2.06. The molecule has 0 aliphatic carbocycles. The Morgan fingerprint density at radius 1 is 0.850 bits per heavy atom. The van der Waals surface area contributed by atoms with Gasteiger partial charge in [-0.1, -0.05) is 26.3 Å². The van der Waals surface area contributed by atoms with Crippen molar-refractivity contribution in [1.29, 1.82) is 0 Å². The summed E-state index contributed by atoms with van der Waals surface area (Å²) in [6.07, 6.45) is 7.29. The molecule has 0 N–H and O–H groups in total. The zero-order chi connectivity index (χ0) is 14.9. The van der Waals surface area contributed by atoms with Gasteiger partial charge in [-0.05, 0) is 25.3 Å². The number of carbonyl (C=O) groups excluding carboxylic acids is 1. The summed E-state index contributed by atoms with van der Waals surface area (Å²) < 4.78 is 16.2. The number of unbranched alkanes of at least 4 members (excludes halogenated alkanes) is 3. The lowest BCUT2D eigenvalue weighted by Crippen LogP contribution is -2.10. The van der Waals surface area contributed by atoms with E-state index >= 15 is 0 Å². The first-order chi connectivity index (χ1) is 9.81. The summed E-state index contributed by atoms with van der Waals surface area (Å²) in [5, 5.41) is 0. The van der Waals surface area contributed by atoms with Crippen LogP contribution in [0.25, 0.3) is 0 Å². The van der Waals surface area contributed by atoms with Crippen molar-refractivity contribution >= 4 is 5.78 Å². The molecule has 0 heterocycles. The van der Waals surface area contributed by atoms with Crippen LogP contribution >= 0.6 is 0 Å². The second-order valence-electron chi connectivity index (χ2n) is 4.67. The maximum absolute atomic E-state index is 10.9. The van der Waals surface area contributed by atoms with Gasteiger partial charge in [0.25, 0.3) is 0 Å². The van der Waals surface area contributed by atoms with Gasteiger partial charge < -0.3 is 14.2 Å². The lowest BCUT2D eigenvalue weighted by molar-refractivity contribution is -0.114. The Kier molecular flexibility index (Phi) is 15.8. The summed E-state index contributed by atoms with van der Waals surface area (Å²) in [6.45, 7) is 9.62. The van der Waals surface area contributed by atoms with E-state index in [-0.39, 0.29) is 5.78 Å². The molecule has 0 aromatic carbocycles. The number of ketones is 1. The Labute approximate surface area is 123 Å². The van der Waals surface area contributed by atoms with Gasteiger partial charge in [0, 0.05) is 19.6 Å². The molecule has 0 fully saturated rings. The standard InChI is InChI=1S/C16H30O4/c1-3-5-7-10-18-12-14-20-15-13-19-11-8-6-9-16(17)4-2/h4H,2-3,5-15H2,1H3. The number of rotatable bonds is 16. The third-order valence-corrected chi connectivity index (χ3v) is 2.83. The second kappa shape index (κ2) is 16.3. The Bertz CT molecular complexity index is 229. The van der Waals surface area contributed by atoms with Crippen molar-refractivity contribution in [2.24, 2.45) is 0 Å². The van der Waals surface area contributed by atoms with Gasteiger partial charge >= 0.3 is 0 Å². The molecule has 0 aliphatic heterocycles. The van der Waals surface area contributed by atoms with Gasteiger partial charge in [0.15, 0.2) is 5.78 Å². The summed E-state index contributed by atoms with van der Waals surface area (Å²) in [5.41, 5.74) is 0. The fourth-order valence-corrected chi connectivity index (χ4v) is 1.60. The van der Waals surface area contributed by atoms with Crippen molar-refractivity contribution in [2.45, 2.75) is 45.4 Å². The van der Waals surface area contributed by atoms with Gasteiger partial charge in [-0.25, -0.2) is 0 Å². The Balaban J connectivity index is 2.99. The summed E-state index contributed by atoms with van der Waals surface area (Å²) in [7, 11) is 0. The number of allylic oxidation sites excluding steroid dienone is 1. The van der Waals surface area contributed by atoms with Crippen LogP contribution in [0.4, 0.5) is 0 Å². The Morgan fingerprint density at radius 3 is 1.85 bits per heavy atom. The van der Waals surface area contributed by atoms with E-state index < -0.39 is 0 Å². The second-order valence-corrected chi connectivity index (χ2v) is 4.67. The van der Waals surface area contributed by atoms with Gasteiger partial charge in [-0.15, -0.1) is 0 Å². The predicted molar refractivity (Wildman–Crippen MR) is 81.0 cm³/mol. The molecular weight excluding hydrogens is 256 g/mol. The fraction of sp³-hybridized carbons (Fsp3) is 0.812. The highest BCUT2D eigenvalue weighted by Crippen LogP contribution is 1.97. The molecule has 0 radical (unpaired) electrons. The Morgan fingerprint density at radius 2 is 1.35 bits per heavy atom. The van der Waals surface area contributed by atoms with Gasteiger partial charge in [-0.2, -0.15) is 0 Å². The summed E-state index contributed by atoms with van der Waals surface area (Å²) in [6, 6.07) is 0. The molecule has 0 saturated carbocycles. The van der Waals surface area contributed by atoms with Crippen LogP contribution in [0.15, 0.2) is 12.7 Å². The molecule has 0 aromatic heterocycles. The highest BCUT2D eigenvalue weighted by atomic mass is 16.5. The van der Waals surface area contributed by atoms with Gasteiger partial charge in [0.2, 0.25) is 0 Å². The summed E-state index contributed by atoms with van der Waals surface area (Å²) in [5.74, 6) is 0.104. The number of carbonyl (C=O) groups is 1. The van der Waals surface area contributed by atoms with Crippen LogP contribution in [0, 0.1) is 0 Å². The van der Waals surface area contributed by atoms with Crippen LogP contribution in [0.5, 0.6) is 0 Å². The summed E-state index contributed by atoms with van der Waals surface area (Å²) >= 11 is 0. The molecule has 0 spiro atoms. The largest absolute Gasteiger partial charge is 0.379 e. The van der Waals surface area contributed by atoms with E-state index in [1.807, 2.05) is 0 Å². The van der Waals surface area contributed by atoms with Crippen LogP contribution in [-0.2, 0) is 19.0 Å². The molecule has 0 bridgehead atoms. The van der Waals surface area contributed by atoms with Gasteiger partial charge in [0.1, 0.15) is 0 Å². The third-order valence-electron chi connectivity index (χ3n) is 2.83. The highest BCUT2D eigenvalue weighted by Gasteiger charge is 1.96. The van der Waals surface area contributed by atoms with E-state index in [2.05, 4.69) is 13.5 Å². The van der Waals surface area contributed by atoms with Gasteiger partial charge in [-0.3, -0.25) is 4.79 Å². The molecule has 0 amide bonds. The minimum atomic E-state index is 0.104. The van der Waals surface area contributed by atoms with Crippen molar-refractivity contribution < 1.29 is 19.0 Å². The van der Waals surface area contributed by atoms with E-state index in [0.717, 1.165) is 25.9 Å². The summed E-state index contributed by atoms with van der Waals surface area (Å²) in [4.78, 5) is 10.9. The van der Waals surface area contributed by atoms with E-state index in [0.29, 0.717) is 39.5 Å². The molecule has 4 nitrogen and oxygen atoms in total. The molecule has 20 heavy (non-hydrogen) atoms. The maximum atomic E-state index is 10.9. The van der Waals surface area contributed by atoms with Crippen molar-refractivity contribution in [3.05, 3.63) is 12.7 Å². The van der Waals surface area contributed by atoms with E-state index in [1.165, 1.54) is 18.9 Å². The van der Waals surface area contributed by atoms with E-state index in [1.54, 1.807) is 0 Å². The first-order valence-electron chi connectivity index (χ1n) is 7.69. The van der Waals surface area contributed by atoms with Crippen LogP contribution in [0.1, 0.15) is 45.4 Å². The van der Waals surface area contributed by atoms with Crippen molar-refractivity contribution in [3.63, 3.8) is 0 Å². The number of hydrogen-bond donors (Lipinski definition) is 0. The molecule has 0 atom stereocenters. The normalized spacial score (nSPS) is 10.7. The minimum Gasteiger partial charge on any atom is -0.379 e. The highest BCUT2D eigenvalue weighted by molar-refractivity contribution is 5.88. The third kappa shape index (κ3) is 15.3. The predicted octanol–water partition coefficient (Wildman–Crippen LogP) is 3.15. The Hall–Kier alpha value is -0.710. The van der Waals surface area contributed by atoms with Gasteiger partial charge in [0.05, 0.1) is 26.4 Å². The van der Waals surface area contributed by atoms with Crippen molar-refractivity contribution in [3.8, 4) is 0 Å². The fourth-order valence-electron chi connectivity index (χ4n) is 1.60. The first-order valence-corrected chi connectivity index (χ1v) is 7.69. The molecule has 118 valence electrons. The molecule has 0 unspecified atom stereocenters. The molecule has 4 heteroatoms. The molecule has 0 rings (SSSR count). The van der Waals surface area contributed by atoms with Crippen LogP contribution in [0.3, 0.4) is 0 Å². The van der Waals surface area contributed by atoms with E-state index in [4.69, 9.17) is 14.2 Å². The molecular formula is C16H30O4. The van der Waals surface area contributed by atoms with Crippen LogP contribution < -0.4 is 0 Å². The molecule has 0 aliphatic rings. The average molecular weight is 286 g/mol. The lowest BCUT2D eigenvalue weighted by atomic mass is 10.2. The smallest absolute Gasteiger partial charge is 0.155 e. The average Bonchev–Trinajstić information content (AvgIpc) is 2.47. The van der Waals surface area contributed by atoms with E-state index in [9.17, 15) is 4.79 Å². The van der Waals surface area contributed by atoms with Crippen molar-refractivity contribution in [1.82, 2.24) is 0 Å². The number of hydrogen-bond acceptors (Lipinski definition) is 4. The van der Waals surface area contributed by atoms with Crippen molar-refractivity contribution in [2.75, 3.05) is 39.6 Å². The maximum Gasteiger partial charge on any atom is 0.155 e. The van der Waals surface area contributed by atoms with Crippen LogP contribution in [-0.4, -0.2) is 45.4 Å². The minimum absolute atomic E-state index is 0.104. The SMILES string of the molecule is C=CC(=O)CCCCOCCOCCOCCCCC. The first kappa shape index (κ1) is 19.3. The quantitative estimate of drug-likeness (QED) is 0.323. The monoisotopic (exact) mass is 286 g/mol. The zero-order valence-electron chi connectivity index (χ0n) is 12.9. The zero-order valence-corrected chi connectivity index (χ0v) is 12.9.